The molecule has 21 heavy (non-hydrogen) atoms. The molecule has 1 aromatic rings. The lowest BCUT2D eigenvalue weighted by atomic mass is 10.1. The maximum Gasteiger partial charge on any atom is 0.329 e. The van der Waals surface area contributed by atoms with Crippen LogP contribution in [0.3, 0.4) is 0 Å². The van der Waals surface area contributed by atoms with E-state index in [1.807, 2.05) is 12.1 Å². The fourth-order valence-electron chi connectivity index (χ4n) is 2.45. The van der Waals surface area contributed by atoms with Gasteiger partial charge in [-0.3, -0.25) is 4.79 Å². The SMILES string of the molecule is Nc1cccc(CC(=O)N2CCC(OCC(=O)O)CC2)c1. The molecule has 114 valence electrons. The van der Waals surface area contributed by atoms with Crippen molar-refractivity contribution in [3.8, 4) is 0 Å². The number of carbonyl (C=O) groups is 2. The normalized spacial score (nSPS) is 15.9. The van der Waals surface area contributed by atoms with E-state index in [4.69, 9.17) is 15.6 Å². The van der Waals surface area contributed by atoms with Crippen LogP contribution >= 0.6 is 0 Å². The van der Waals surface area contributed by atoms with Crippen LogP contribution in [-0.4, -0.2) is 47.7 Å². The summed E-state index contributed by atoms with van der Waals surface area (Å²) in [6.07, 6.45) is 1.62. The van der Waals surface area contributed by atoms with Gasteiger partial charge in [-0.05, 0) is 30.5 Å². The second-order valence-corrected chi connectivity index (χ2v) is 5.21. The number of hydrogen-bond donors (Lipinski definition) is 2. The summed E-state index contributed by atoms with van der Waals surface area (Å²) in [6.45, 7) is 0.929. The van der Waals surface area contributed by atoms with Gasteiger partial charge in [-0.15, -0.1) is 0 Å². The third-order valence-electron chi connectivity index (χ3n) is 3.54. The van der Waals surface area contributed by atoms with Crippen LogP contribution in [0.2, 0.25) is 0 Å². The van der Waals surface area contributed by atoms with Gasteiger partial charge < -0.3 is 20.5 Å². The predicted octanol–water partition coefficient (Wildman–Crippen LogP) is 0.903. The molecule has 6 nitrogen and oxygen atoms in total. The molecule has 1 amide bonds. The van der Waals surface area contributed by atoms with Crippen molar-refractivity contribution in [2.24, 2.45) is 0 Å². The highest BCUT2D eigenvalue weighted by molar-refractivity contribution is 5.79. The number of carboxylic acids is 1. The highest BCUT2D eigenvalue weighted by Crippen LogP contribution is 2.16. The van der Waals surface area contributed by atoms with Crippen molar-refractivity contribution >= 4 is 17.6 Å². The van der Waals surface area contributed by atoms with Crippen molar-refractivity contribution in [3.05, 3.63) is 29.8 Å². The Morgan fingerprint density at radius 1 is 1.33 bits per heavy atom. The van der Waals surface area contributed by atoms with Gasteiger partial charge in [0, 0.05) is 18.8 Å². The molecule has 3 N–H and O–H groups in total. The molecule has 0 spiro atoms. The summed E-state index contributed by atoms with van der Waals surface area (Å²) in [7, 11) is 0. The van der Waals surface area contributed by atoms with Crippen LogP contribution in [0.5, 0.6) is 0 Å². The third kappa shape index (κ3) is 4.75. The molecule has 1 aromatic carbocycles. The molecule has 6 heteroatoms. The van der Waals surface area contributed by atoms with E-state index in [1.54, 1.807) is 17.0 Å². The minimum Gasteiger partial charge on any atom is -0.480 e. The van der Waals surface area contributed by atoms with Crippen LogP contribution in [0.15, 0.2) is 24.3 Å². The Kier molecular flexibility index (Phi) is 5.16. The molecule has 0 aliphatic carbocycles. The Bertz CT molecular complexity index is 510. The fraction of sp³-hybridized carbons (Fsp3) is 0.467. The fourth-order valence-corrected chi connectivity index (χ4v) is 2.45. The van der Waals surface area contributed by atoms with E-state index < -0.39 is 5.97 Å². The second kappa shape index (κ2) is 7.08. The van der Waals surface area contributed by atoms with E-state index in [-0.39, 0.29) is 18.6 Å². The van der Waals surface area contributed by atoms with Crippen molar-refractivity contribution in [2.45, 2.75) is 25.4 Å². The maximum atomic E-state index is 12.2. The van der Waals surface area contributed by atoms with Gasteiger partial charge in [-0.2, -0.15) is 0 Å². The lowest BCUT2D eigenvalue weighted by Crippen LogP contribution is -2.42. The van der Waals surface area contributed by atoms with Crippen molar-refractivity contribution in [2.75, 3.05) is 25.4 Å². The summed E-state index contributed by atoms with van der Waals surface area (Å²) < 4.78 is 5.25. The number of carbonyl (C=O) groups excluding carboxylic acids is 1. The third-order valence-corrected chi connectivity index (χ3v) is 3.54. The van der Waals surface area contributed by atoms with Gasteiger partial charge in [0.1, 0.15) is 6.61 Å². The molecule has 1 fully saturated rings. The van der Waals surface area contributed by atoms with Crippen molar-refractivity contribution < 1.29 is 19.4 Å². The number of piperidine rings is 1. The van der Waals surface area contributed by atoms with E-state index in [0.29, 0.717) is 38.0 Å². The molecule has 1 aliphatic rings. The van der Waals surface area contributed by atoms with Crippen molar-refractivity contribution in [1.82, 2.24) is 4.90 Å². The number of nitrogens with two attached hydrogens (primary N) is 1. The first-order valence-electron chi connectivity index (χ1n) is 7.00. The highest BCUT2D eigenvalue weighted by atomic mass is 16.5. The van der Waals surface area contributed by atoms with Crippen LogP contribution in [0.1, 0.15) is 18.4 Å². The Morgan fingerprint density at radius 3 is 2.67 bits per heavy atom. The summed E-state index contributed by atoms with van der Waals surface area (Å²) in [5, 5.41) is 8.57. The zero-order valence-corrected chi connectivity index (χ0v) is 11.8. The average Bonchev–Trinajstić information content (AvgIpc) is 2.45. The van der Waals surface area contributed by atoms with Crippen LogP contribution in [0.4, 0.5) is 5.69 Å². The summed E-state index contributed by atoms with van der Waals surface area (Å²) in [5.41, 5.74) is 7.26. The minimum atomic E-state index is -0.963. The van der Waals surface area contributed by atoms with E-state index in [0.717, 1.165) is 5.56 Å². The first-order valence-corrected chi connectivity index (χ1v) is 7.00. The predicted molar refractivity (Wildman–Crippen MR) is 77.7 cm³/mol. The Hall–Kier alpha value is -2.08. The number of carboxylic acid groups (broad SMARTS) is 1. The molecule has 2 rings (SSSR count). The minimum absolute atomic E-state index is 0.0669. The average molecular weight is 292 g/mol. The van der Waals surface area contributed by atoms with Gasteiger partial charge in [0.2, 0.25) is 5.91 Å². The number of anilines is 1. The van der Waals surface area contributed by atoms with E-state index in [9.17, 15) is 9.59 Å². The zero-order valence-electron chi connectivity index (χ0n) is 11.8. The van der Waals surface area contributed by atoms with Crippen LogP contribution in [0, 0.1) is 0 Å². The summed E-state index contributed by atoms with van der Waals surface area (Å²) in [6, 6.07) is 7.32. The number of benzene rings is 1. The van der Waals surface area contributed by atoms with Gasteiger partial charge in [0.05, 0.1) is 12.5 Å². The number of nitrogens with zero attached hydrogens (tertiary/aromatic N) is 1. The number of amides is 1. The molecule has 0 bridgehead atoms. The monoisotopic (exact) mass is 292 g/mol. The second-order valence-electron chi connectivity index (χ2n) is 5.21. The van der Waals surface area contributed by atoms with E-state index in [1.165, 1.54) is 0 Å². The first kappa shape index (κ1) is 15.3. The molecule has 0 aromatic heterocycles. The van der Waals surface area contributed by atoms with Crippen molar-refractivity contribution in [1.29, 1.82) is 0 Å². The van der Waals surface area contributed by atoms with Crippen LogP contribution in [-0.2, 0) is 20.7 Å². The van der Waals surface area contributed by atoms with Gasteiger partial charge in [0.15, 0.2) is 0 Å². The molecule has 1 aliphatic heterocycles. The summed E-state index contributed by atoms with van der Waals surface area (Å²) in [5.74, 6) is -0.896. The van der Waals surface area contributed by atoms with Gasteiger partial charge in [0.25, 0.3) is 0 Å². The molecule has 0 atom stereocenters. The number of likely N-dealkylation sites (tertiary alicyclic amines) is 1. The zero-order chi connectivity index (χ0) is 15.2. The Morgan fingerprint density at radius 2 is 2.05 bits per heavy atom. The molecule has 1 saturated heterocycles. The molecule has 0 saturated carbocycles. The van der Waals surface area contributed by atoms with Crippen molar-refractivity contribution in [3.63, 3.8) is 0 Å². The highest BCUT2D eigenvalue weighted by Gasteiger charge is 2.23. The van der Waals surface area contributed by atoms with Gasteiger partial charge in [-0.1, -0.05) is 12.1 Å². The van der Waals surface area contributed by atoms with E-state index >= 15 is 0 Å². The molecule has 1 heterocycles. The topological polar surface area (TPSA) is 92.9 Å². The Labute approximate surface area is 123 Å². The smallest absolute Gasteiger partial charge is 0.329 e. The quantitative estimate of drug-likeness (QED) is 0.787. The number of ether oxygens (including phenoxy) is 1. The van der Waals surface area contributed by atoms with Gasteiger partial charge in [-0.25, -0.2) is 4.79 Å². The molecular weight excluding hydrogens is 272 g/mol. The molecule has 0 unspecified atom stereocenters. The first-order chi connectivity index (χ1) is 10.0. The number of nitrogen functional groups attached to an aromatic ring is 1. The Balaban J connectivity index is 1.79. The standard InChI is InChI=1S/C15H20N2O4/c16-12-3-1-2-11(8-12)9-14(18)17-6-4-13(5-7-17)21-10-15(19)20/h1-3,8,13H,4-7,9-10,16H2,(H,19,20). The maximum absolute atomic E-state index is 12.2. The lowest BCUT2D eigenvalue weighted by Gasteiger charge is -2.31. The largest absolute Gasteiger partial charge is 0.480 e. The number of hydrogen-bond acceptors (Lipinski definition) is 4. The van der Waals surface area contributed by atoms with Crippen LogP contribution in [0.25, 0.3) is 0 Å². The lowest BCUT2D eigenvalue weighted by molar-refractivity contribution is -0.146. The number of aliphatic carboxylic acids is 1. The van der Waals surface area contributed by atoms with Crippen LogP contribution < -0.4 is 5.73 Å². The van der Waals surface area contributed by atoms with Gasteiger partial charge >= 0.3 is 5.97 Å². The van der Waals surface area contributed by atoms with E-state index in [2.05, 4.69) is 0 Å². The molecule has 0 radical (unpaired) electrons. The number of rotatable bonds is 5. The summed E-state index contributed by atoms with van der Waals surface area (Å²) >= 11 is 0. The summed E-state index contributed by atoms with van der Waals surface area (Å²) in [4.78, 5) is 24.4. The molecular formula is C15H20N2O4.